The Kier molecular flexibility index (Phi) is 3.05. The van der Waals surface area contributed by atoms with Crippen LogP contribution in [0.15, 0.2) is 58.5 Å². The van der Waals surface area contributed by atoms with E-state index in [1.54, 1.807) is 0 Å². The molecule has 1 aromatic heterocycles. The van der Waals surface area contributed by atoms with Crippen LogP contribution in [0.5, 0.6) is 0 Å². The molecule has 0 saturated carbocycles. The molecule has 2 heterocycles. The lowest BCUT2D eigenvalue weighted by atomic mass is 10.1. The zero-order chi connectivity index (χ0) is 14.4. The van der Waals surface area contributed by atoms with Gasteiger partial charge in [0.1, 0.15) is 0 Å². The first-order valence-corrected chi connectivity index (χ1v) is 8.58. The van der Waals surface area contributed by atoms with Crippen molar-refractivity contribution in [3.05, 3.63) is 64.0 Å². The summed E-state index contributed by atoms with van der Waals surface area (Å²) in [6, 6.07) is 17.2. The van der Waals surface area contributed by atoms with E-state index in [1.165, 1.54) is 36.1 Å². The van der Waals surface area contributed by atoms with Crippen LogP contribution < -0.4 is 4.90 Å². The summed E-state index contributed by atoms with van der Waals surface area (Å²) >= 11 is 3.73. The molecule has 4 rings (SSSR count). The van der Waals surface area contributed by atoms with Gasteiger partial charge in [-0.15, -0.1) is 11.3 Å². The molecule has 0 spiro atoms. The van der Waals surface area contributed by atoms with Gasteiger partial charge < -0.3 is 4.90 Å². The highest BCUT2D eigenvalue weighted by molar-refractivity contribution is 8.03. The van der Waals surface area contributed by atoms with Crippen molar-refractivity contribution in [3.8, 4) is 0 Å². The van der Waals surface area contributed by atoms with Crippen LogP contribution in [0.3, 0.4) is 0 Å². The smallest absolute Gasteiger partial charge is 0.0813 e. The van der Waals surface area contributed by atoms with E-state index in [2.05, 4.69) is 73.5 Å². The van der Waals surface area contributed by atoms with Gasteiger partial charge in [-0.3, -0.25) is 0 Å². The van der Waals surface area contributed by atoms with Gasteiger partial charge in [0.2, 0.25) is 0 Å². The van der Waals surface area contributed by atoms with Gasteiger partial charge in [0.15, 0.2) is 0 Å². The summed E-state index contributed by atoms with van der Waals surface area (Å²) < 4.78 is 1.37. The van der Waals surface area contributed by atoms with E-state index >= 15 is 0 Å². The highest BCUT2D eigenvalue weighted by Gasteiger charge is 2.21. The number of nitrogens with zero attached hydrogens (tertiary/aromatic N) is 1. The standard InChI is InChI=1S/C18H15NS2/c1-12-13-7-3-5-9-15(13)20-17(12)11-18-19(2)14-8-4-6-10-16(14)21-18/h3-11H,1-2H3/b18-11-. The molecule has 2 aromatic carbocycles. The first-order valence-electron chi connectivity index (χ1n) is 6.94. The van der Waals surface area contributed by atoms with E-state index in [0.29, 0.717) is 0 Å². The number of para-hydroxylation sites is 1. The third-order valence-corrected chi connectivity index (χ3v) is 6.29. The zero-order valence-corrected chi connectivity index (χ0v) is 13.6. The average Bonchev–Trinajstić information content (AvgIpc) is 2.99. The van der Waals surface area contributed by atoms with Gasteiger partial charge in [0, 0.05) is 21.5 Å². The molecule has 104 valence electrons. The number of benzene rings is 2. The number of fused-ring (bicyclic) bond motifs is 2. The van der Waals surface area contributed by atoms with Crippen LogP contribution in [-0.4, -0.2) is 7.05 Å². The summed E-state index contributed by atoms with van der Waals surface area (Å²) in [4.78, 5) is 4.98. The first kappa shape index (κ1) is 13.0. The molecule has 0 amide bonds. The molecule has 0 atom stereocenters. The summed E-state index contributed by atoms with van der Waals surface area (Å²) in [7, 11) is 2.15. The number of hydrogen-bond donors (Lipinski definition) is 0. The normalized spacial score (nSPS) is 15.9. The number of aryl methyl sites for hydroxylation is 1. The minimum atomic E-state index is 1.30. The molecule has 1 aliphatic heterocycles. The van der Waals surface area contributed by atoms with Crippen molar-refractivity contribution in [2.45, 2.75) is 11.8 Å². The van der Waals surface area contributed by atoms with Crippen molar-refractivity contribution in [1.29, 1.82) is 0 Å². The minimum absolute atomic E-state index is 1.30. The summed E-state index contributed by atoms with van der Waals surface area (Å²) in [5, 5.41) is 2.67. The van der Waals surface area contributed by atoms with E-state index < -0.39 is 0 Å². The van der Waals surface area contributed by atoms with Crippen LogP contribution in [0.1, 0.15) is 10.4 Å². The van der Waals surface area contributed by atoms with Gasteiger partial charge in [-0.25, -0.2) is 0 Å². The maximum atomic E-state index is 2.32. The van der Waals surface area contributed by atoms with Crippen molar-refractivity contribution in [2.75, 3.05) is 11.9 Å². The lowest BCUT2D eigenvalue weighted by Crippen LogP contribution is -2.08. The molecule has 0 aliphatic carbocycles. The Balaban J connectivity index is 1.80. The monoisotopic (exact) mass is 309 g/mol. The molecular formula is C18H15NS2. The van der Waals surface area contributed by atoms with Crippen molar-refractivity contribution in [3.63, 3.8) is 0 Å². The Hall–Kier alpha value is -1.71. The fourth-order valence-corrected chi connectivity index (χ4v) is 5.01. The average molecular weight is 309 g/mol. The molecule has 0 bridgehead atoms. The second kappa shape index (κ2) is 4.93. The molecule has 3 aromatic rings. The molecule has 1 aliphatic rings. The SMILES string of the molecule is Cc1c(/C=C2\Sc3ccccc3N2C)sc2ccccc12. The van der Waals surface area contributed by atoms with Crippen LogP contribution in [0.4, 0.5) is 5.69 Å². The quantitative estimate of drug-likeness (QED) is 0.563. The Labute approximate surface area is 132 Å². The molecule has 3 heteroatoms. The summed E-state index contributed by atoms with van der Waals surface area (Å²) in [6.07, 6.45) is 2.32. The first-order chi connectivity index (χ1) is 10.2. The highest BCUT2D eigenvalue weighted by Crippen LogP contribution is 2.46. The topological polar surface area (TPSA) is 3.24 Å². The van der Waals surface area contributed by atoms with E-state index in [4.69, 9.17) is 0 Å². The van der Waals surface area contributed by atoms with Crippen molar-refractivity contribution >= 4 is 44.9 Å². The molecule has 21 heavy (non-hydrogen) atoms. The lowest BCUT2D eigenvalue weighted by molar-refractivity contribution is 1.18. The number of thiophene rings is 1. The molecule has 1 nitrogen and oxygen atoms in total. The lowest BCUT2D eigenvalue weighted by Gasteiger charge is -2.13. The third kappa shape index (κ3) is 2.08. The molecule has 0 N–H and O–H groups in total. The summed E-state index contributed by atoms with van der Waals surface area (Å²) in [6.45, 7) is 2.22. The Morgan fingerprint density at radius 2 is 1.76 bits per heavy atom. The molecule has 0 unspecified atom stereocenters. The highest BCUT2D eigenvalue weighted by atomic mass is 32.2. The fraction of sp³-hybridized carbons (Fsp3) is 0.111. The number of anilines is 1. The number of hydrogen-bond acceptors (Lipinski definition) is 3. The maximum Gasteiger partial charge on any atom is 0.0813 e. The van der Waals surface area contributed by atoms with Crippen LogP contribution in [0, 0.1) is 6.92 Å². The van der Waals surface area contributed by atoms with E-state index in [0.717, 1.165) is 0 Å². The van der Waals surface area contributed by atoms with Crippen LogP contribution in [0.25, 0.3) is 16.2 Å². The van der Waals surface area contributed by atoms with Crippen LogP contribution >= 0.6 is 23.1 Å². The number of rotatable bonds is 1. The van der Waals surface area contributed by atoms with Crippen molar-refractivity contribution < 1.29 is 0 Å². The Morgan fingerprint density at radius 1 is 1.00 bits per heavy atom. The largest absolute Gasteiger partial charge is 0.338 e. The van der Waals surface area contributed by atoms with Gasteiger partial charge in [-0.1, -0.05) is 42.1 Å². The summed E-state index contributed by atoms with van der Waals surface area (Å²) in [5.74, 6) is 0. The fourth-order valence-electron chi connectivity index (χ4n) is 2.69. The molecule has 0 saturated heterocycles. The van der Waals surface area contributed by atoms with Gasteiger partial charge in [0.25, 0.3) is 0 Å². The Morgan fingerprint density at radius 3 is 2.57 bits per heavy atom. The predicted octanol–water partition coefficient (Wildman–Crippen LogP) is 5.75. The summed E-state index contributed by atoms with van der Waals surface area (Å²) in [5.41, 5.74) is 2.68. The van der Waals surface area contributed by atoms with Crippen LogP contribution in [0.2, 0.25) is 0 Å². The van der Waals surface area contributed by atoms with Crippen molar-refractivity contribution in [1.82, 2.24) is 0 Å². The molecule has 0 fully saturated rings. The van der Waals surface area contributed by atoms with E-state index in [-0.39, 0.29) is 0 Å². The van der Waals surface area contributed by atoms with Gasteiger partial charge in [-0.2, -0.15) is 0 Å². The second-order valence-corrected chi connectivity index (χ2v) is 7.34. The van der Waals surface area contributed by atoms with Crippen molar-refractivity contribution in [2.24, 2.45) is 0 Å². The van der Waals surface area contributed by atoms with Crippen LogP contribution in [-0.2, 0) is 0 Å². The minimum Gasteiger partial charge on any atom is -0.338 e. The Bertz CT molecular complexity index is 861. The van der Waals surface area contributed by atoms with Gasteiger partial charge >= 0.3 is 0 Å². The zero-order valence-electron chi connectivity index (χ0n) is 12.0. The van der Waals surface area contributed by atoms with Gasteiger partial charge in [0.05, 0.1) is 10.7 Å². The van der Waals surface area contributed by atoms with E-state index in [1.807, 2.05) is 23.1 Å². The molecule has 0 radical (unpaired) electrons. The number of thioether (sulfide) groups is 1. The maximum absolute atomic E-state index is 2.32. The second-order valence-electron chi connectivity index (χ2n) is 5.20. The van der Waals surface area contributed by atoms with E-state index in [9.17, 15) is 0 Å². The predicted molar refractivity (Wildman–Crippen MR) is 95.2 cm³/mol. The molecular weight excluding hydrogens is 294 g/mol. The third-order valence-electron chi connectivity index (χ3n) is 3.91. The van der Waals surface area contributed by atoms with Gasteiger partial charge in [-0.05, 0) is 42.1 Å².